The Labute approximate surface area is 120 Å². The molecular formula is C15H15NO5. The average Bonchev–Trinajstić information content (AvgIpc) is 2.92. The quantitative estimate of drug-likeness (QED) is 0.867. The third kappa shape index (κ3) is 2.81. The van der Waals surface area contributed by atoms with Crippen LogP contribution in [0.25, 0.3) is 11.0 Å². The number of amides is 1. The molecule has 1 unspecified atom stereocenters. The zero-order valence-corrected chi connectivity index (χ0v) is 11.3. The molecule has 1 saturated heterocycles. The van der Waals surface area contributed by atoms with Gasteiger partial charge >= 0.3 is 0 Å². The molecule has 0 bridgehead atoms. The normalized spacial score (nSPS) is 21.6. The Bertz CT molecular complexity index is 730. The Hall–Kier alpha value is -2.18. The molecule has 1 aliphatic rings. The lowest BCUT2D eigenvalue weighted by Crippen LogP contribution is -2.43. The van der Waals surface area contributed by atoms with E-state index >= 15 is 0 Å². The fourth-order valence-corrected chi connectivity index (χ4v) is 2.28. The molecular weight excluding hydrogens is 274 g/mol. The average molecular weight is 289 g/mol. The fraction of sp³-hybridized carbons (Fsp3) is 0.333. The zero-order chi connectivity index (χ0) is 14.9. The van der Waals surface area contributed by atoms with Gasteiger partial charge in [0.2, 0.25) is 0 Å². The van der Waals surface area contributed by atoms with Gasteiger partial charge in [-0.2, -0.15) is 0 Å². The van der Waals surface area contributed by atoms with E-state index in [1.54, 1.807) is 24.3 Å². The van der Waals surface area contributed by atoms with Gasteiger partial charge in [-0.15, -0.1) is 0 Å². The molecule has 0 spiro atoms. The molecule has 1 fully saturated rings. The summed E-state index contributed by atoms with van der Waals surface area (Å²) in [4.78, 5) is 24.0. The predicted molar refractivity (Wildman–Crippen MR) is 75.2 cm³/mol. The summed E-state index contributed by atoms with van der Waals surface area (Å²) in [6.45, 7) is 0.717. The molecule has 3 rings (SSSR count). The van der Waals surface area contributed by atoms with Crippen LogP contribution in [0, 0.1) is 0 Å². The predicted octanol–water partition coefficient (Wildman–Crippen LogP) is 0.674. The van der Waals surface area contributed by atoms with Gasteiger partial charge in [-0.1, -0.05) is 12.1 Å². The SMILES string of the molecule is O=C(NCC1(O)CCOC1)c1cc(=O)c2ccccc2o1. The molecule has 2 N–H and O–H groups in total. The molecule has 0 aliphatic carbocycles. The number of carbonyl (C=O) groups excluding carboxylic acids is 1. The van der Waals surface area contributed by atoms with Gasteiger partial charge in [0.05, 0.1) is 12.0 Å². The number of nitrogens with one attached hydrogen (secondary N) is 1. The first-order valence-corrected chi connectivity index (χ1v) is 6.69. The summed E-state index contributed by atoms with van der Waals surface area (Å²) < 4.78 is 10.5. The fourth-order valence-electron chi connectivity index (χ4n) is 2.28. The summed E-state index contributed by atoms with van der Waals surface area (Å²) in [7, 11) is 0. The molecule has 1 aromatic carbocycles. The minimum absolute atomic E-state index is 0.0579. The molecule has 21 heavy (non-hydrogen) atoms. The Balaban J connectivity index is 1.80. The van der Waals surface area contributed by atoms with Crippen molar-refractivity contribution >= 4 is 16.9 Å². The minimum atomic E-state index is -1.05. The van der Waals surface area contributed by atoms with E-state index in [0.29, 0.717) is 24.0 Å². The number of fused-ring (bicyclic) bond motifs is 1. The molecule has 1 amide bonds. The van der Waals surface area contributed by atoms with Crippen molar-refractivity contribution in [1.29, 1.82) is 0 Å². The summed E-state index contributed by atoms with van der Waals surface area (Å²) >= 11 is 0. The minimum Gasteiger partial charge on any atom is -0.451 e. The second-order valence-electron chi connectivity index (χ2n) is 5.18. The van der Waals surface area contributed by atoms with E-state index in [1.807, 2.05) is 0 Å². The van der Waals surface area contributed by atoms with Crippen LogP contribution in [0.2, 0.25) is 0 Å². The maximum atomic E-state index is 12.0. The molecule has 1 atom stereocenters. The smallest absolute Gasteiger partial charge is 0.287 e. The van der Waals surface area contributed by atoms with E-state index < -0.39 is 11.5 Å². The highest BCUT2D eigenvalue weighted by molar-refractivity contribution is 5.93. The number of rotatable bonds is 3. The van der Waals surface area contributed by atoms with Gasteiger partial charge in [-0.3, -0.25) is 9.59 Å². The van der Waals surface area contributed by atoms with Crippen LogP contribution >= 0.6 is 0 Å². The maximum absolute atomic E-state index is 12.0. The van der Waals surface area contributed by atoms with Crippen molar-refractivity contribution in [2.24, 2.45) is 0 Å². The van der Waals surface area contributed by atoms with Gasteiger partial charge in [-0.25, -0.2) is 0 Å². The summed E-state index contributed by atoms with van der Waals surface area (Å²) in [6, 6.07) is 7.89. The van der Waals surface area contributed by atoms with Crippen LogP contribution in [0.3, 0.4) is 0 Å². The van der Waals surface area contributed by atoms with E-state index in [1.165, 1.54) is 0 Å². The molecule has 6 nitrogen and oxygen atoms in total. The Kier molecular flexibility index (Phi) is 3.48. The van der Waals surface area contributed by atoms with Crippen molar-refractivity contribution in [2.75, 3.05) is 19.8 Å². The second-order valence-corrected chi connectivity index (χ2v) is 5.18. The van der Waals surface area contributed by atoms with E-state index in [2.05, 4.69) is 5.32 Å². The zero-order valence-electron chi connectivity index (χ0n) is 11.3. The number of hydrogen-bond donors (Lipinski definition) is 2. The van der Waals surface area contributed by atoms with Crippen LogP contribution in [-0.4, -0.2) is 36.4 Å². The van der Waals surface area contributed by atoms with Crippen LogP contribution in [-0.2, 0) is 4.74 Å². The summed E-state index contributed by atoms with van der Waals surface area (Å²) in [6.07, 6.45) is 0.467. The number of hydrogen-bond acceptors (Lipinski definition) is 5. The molecule has 6 heteroatoms. The van der Waals surface area contributed by atoms with Crippen molar-refractivity contribution in [3.05, 3.63) is 46.3 Å². The van der Waals surface area contributed by atoms with Crippen LogP contribution in [0.15, 0.2) is 39.5 Å². The molecule has 110 valence electrons. The summed E-state index contributed by atoms with van der Waals surface area (Å²) in [5.74, 6) is -0.598. The number of carbonyl (C=O) groups is 1. The first-order valence-electron chi connectivity index (χ1n) is 6.69. The molecule has 0 radical (unpaired) electrons. The largest absolute Gasteiger partial charge is 0.451 e. The molecule has 1 aromatic heterocycles. The monoisotopic (exact) mass is 289 g/mol. The van der Waals surface area contributed by atoms with Crippen molar-refractivity contribution in [3.63, 3.8) is 0 Å². The molecule has 1 aliphatic heterocycles. The highest BCUT2D eigenvalue weighted by Crippen LogP contribution is 2.17. The Morgan fingerprint density at radius 1 is 1.38 bits per heavy atom. The molecule has 2 heterocycles. The van der Waals surface area contributed by atoms with Crippen molar-refractivity contribution in [3.8, 4) is 0 Å². The van der Waals surface area contributed by atoms with Crippen molar-refractivity contribution in [2.45, 2.75) is 12.0 Å². The van der Waals surface area contributed by atoms with Crippen LogP contribution < -0.4 is 10.7 Å². The van der Waals surface area contributed by atoms with E-state index in [4.69, 9.17) is 9.15 Å². The standard InChI is InChI=1S/C15H15NO5/c17-11-7-13(21-12-4-2-1-3-10(11)12)14(18)16-8-15(19)5-6-20-9-15/h1-4,7,19H,5-6,8-9H2,(H,16,18). The second kappa shape index (κ2) is 5.31. The van der Waals surface area contributed by atoms with Crippen molar-refractivity contribution < 1.29 is 19.1 Å². The van der Waals surface area contributed by atoms with Gasteiger partial charge in [-0.05, 0) is 12.1 Å². The van der Waals surface area contributed by atoms with Gasteiger partial charge in [0, 0.05) is 25.6 Å². The summed E-state index contributed by atoms with van der Waals surface area (Å²) in [5.41, 5.74) is -0.963. The van der Waals surface area contributed by atoms with Gasteiger partial charge in [0.1, 0.15) is 11.2 Å². The molecule has 0 saturated carbocycles. The molecule has 2 aromatic rings. The van der Waals surface area contributed by atoms with E-state index in [9.17, 15) is 14.7 Å². The first kappa shape index (κ1) is 13.8. The number of para-hydroxylation sites is 1. The summed E-state index contributed by atoms with van der Waals surface area (Å²) in [5, 5.41) is 13.1. The highest BCUT2D eigenvalue weighted by Gasteiger charge is 2.32. The number of aliphatic hydroxyl groups is 1. The van der Waals surface area contributed by atoms with Crippen LogP contribution in [0.5, 0.6) is 0 Å². The Morgan fingerprint density at radius 2 is 2.19 bits per heavy atom. The number of ether oxygens (including phenoxy) is 1. The van der Waals surface area contributed by atoms with Gasteiger partial charge in [0.15, 0.2) is 11.2 Å². The van der Waals surface area contributed by atoms with Crippen molar-refractivity contribution in [1.82, 2.24) is 5.32 Å². The van der Waals surface area contributed by atoms with E-state index in [-0.39, 0.29) is 24.3 Å². The first-order chi connectivity index (χ1) is 10.1. The highest BCUT2D eigenvalue weighted by atomic mass is 16.5. The van der Waals surface area contributed by atoms with Crippen LogP contribution in [0.1, 0.15) is 17.0 Å². The lowest BCUT2D eigenvalue weighted by Gasteiger charge is -2.20. The topological polar surface area (TPSA) is 88.8 Å². The van der Waals surface area contributed by atoms with Gasteiger partial charge < -0.3 is 19.6 Å². The van der Waals surface area contributed by atoms with E-state index in [0.717, 1.165) is 6.07 Å². The third-order valence-electron chi connectivity index (χ3n) is 3.52. The Morgan fingerprint density at radius 3 is 2.95 bits per heavy atom. The van der Waals surface area contributed by atoms with Gasteiger partial charge in [0.25, 0.3) is 5.91 Å². The lowest BCUT2D eigenvalue weighted by atomic mass is 10.0. The number of benzene rings is 1. The third-order valence-corrected chi connectivity index (χ3v) is 3.52. The van der Waals surface area contributed by atoms with Crippen LogP contribution in [0.4, 0.5) is 0 Å². The maximum Gasteiger partial charge on any atom is 0.287 e. The lowest BCUT2D eigenvalue weighted by molar-refractivity contribution is 0.0261.